The highest BCUT2D eigenvalue weighted by molar-refractivity contribution is 6.23. The highest BCUT2D eigenvalue weighted by atomic mass is 15.1. The SMILES string of the molecule is c1ccc(N(c2ccc(-c3ccc4ccccc4c3)cc2)c2ccc(-c3cccc4c3ccc3ccc5ccccc5c34)c3ccccc23)cc1. The molecule has 0 saturated heterocycles. The van der Waals surface area contributed by atoms with E-state index >= 15 is 0 Å². The molecule has 10 rings (SSSR count). The first-order valence-corrected chi connectivity index (χ1v) is 17.6. The van der Waals surface area contributed by atoms with E-state index in [1.54, 1.807) is 0 Å². The minimum atomic E-state index is 1.12. The van der Waals surface area contributed by atoms with Crippen molar-refractivity contribution in [2.45, 2.75) is 0 Å². The van der Waals surface area contributed by atoms with Crippen LogP contribution < -0.4 is 4.90 Å². The summed E-state index contributed by atoms with van der Waals surface area (Å²) in [5, 5.41) is 12.6. The smallest absolute Gasteiger partial charge is 0.0540 e. The Kier molecular flexibility index (Phi) is 6.89. The Morgan fingerprint density at radius 2 is 0.843 bits per heavy atom. The van der Waals surface area contributed by atoms with E-state index in [9.17, 15) is 0 Å². The van der Waals surface area contributed by atoms with Gasteiger partial charge in [-0.15, -0.1) is 0 Å². The molecule has 0 bridgehead atoms. The second-order valence-electron chi connectivity index (χ2n) is 13.3. The van der Waals surface area contributed by atoms with Crippen molar-refractivity contribution in [3.8, 4) is 22.3 Å². The fraction of sp³-hybridized carbons (Fsp3) is 0. The van der Waals surface area contributed by atoms with E-state index in [2.05, 4.69) is 205 Å². The first-order valence-electron chi connectivity index (χ1n) is 17.6. The van der Waals surface area contributed by atoms with Gasteiger partial charge in [-0.05, 0) is 107 Å². The van der Waals surface area contributed by atoms with Crippen LogP contribution in [0.15, 0.2) is 200 Å². The summed E-state index contributed by atoms with van der Waals surface area (Å²) in [5.41, 5.74) is 8.29. The van der Waals surface area contributed by atoms with E-state index in [4.69, 9.17) is 0 Å². The van der Waals surface area contributed by atoms with Crippen LogP contribution in [-0.4, -0.2) is 0 Å². The molecule has 10 aromatic rings. The van der Waals surface area contributed by atoms with Gasteiger partial charge in [0.1, 0.15) is 0 Å². The van der Waals surface area contributed by atoms with Crippen molar-refractivity contribution in [2.75, 3.05) is 4.90 Å². The first-order chi connectivity index (χ1) is 25.3. The second-order valence-corrected chi connectivity index (χ2v) is 13.3. The van der Waals surface area contributed by atoms with E-state index in [1.807, 2.05) is 0 Å². The predicted molar refractivity (Wildman–Crippen MR) is 220 cm³/mol. The molecule has 0 aliphatic rings. The Balaban J connectivity index is 1.13. The first kappa shape index (κ1) is 29.2. The average molecular weight is 648 g/mol. The molecule has 0 aliphatic carbocycles. The zero-order valence-electron chi connectivity index (χ0n) is 28.0. The summed E-state index contributed by atoms with van der Waals surface area (Å²) >= 11 is 0. The maximum atomic E-state index is 2.39. The molecule has 0 N–H and O–H groups in total. The van der Waals surface area contributed by atoms with Gasteiger partial charge >= 0.3 is 0 Å². The summed E-state index contributed by atoms with van der Waals surface area (Å²) in [6, 6.07) is 73.0. The fourth-order valence-electron chi connectivity index (χ4n) is 7.99. The molecule has 238 valence electrons. The van der Waals surface area contributed by atoms with Crippen molar-refractivity contribution in [1.82, 2.24) is 0 Å². The van der Waals surface area contributed by atoms with Crippen molar-refractivity contribution < 1.29 is 0 Å². The zero-order chi connectivity index (χ0) is 33.7. The van der Waals surface area contributed by atoms with Crippen LogP contribution in [0.25, 0.3) is 76.1 Å². The quantitative estimate of drug-likeness (QED) is 0.168. The van der Waals surface area contributed by atoms with Crippen LogP contribution in [0.5, 0.6) is 0 Å². The van der Waals surface area contributed by atoms with Gasteiger partial charge in [0.05, 0.1) is 5.69 Å². The molecule has 51 heavy (non-hydrogen) atoms. The molecular formula is C50H33N. The van der Waals surface area contributed by atoms with Crippen LogP contribution in [0.1, 0.15) is 0 Å². The molecule has 0 aromatic heterocycles. The van der Waals surface area contributed by atoms with Crippen LogP contribution in [0.3, 0.4) is 0 Å². The monoisotopic (exact) mass is 647 g/mol. The lowest BCUT2D eigenvalue weighted by molar-refractivity contribution is 1.30. The van der Waals surface area contributed by atoms with Crippen molar-refractivity contribution in [3.63, 3.8) is 0 Å². The maximum Gasteiger partial charge on any atom is 0.0540 e. The number of rotatable bonds is 5. The molecule has 0 amide bonds. The minimum absolute atomic E-state index is 1.12. The largest absolute Gasteiger partial charge is 0.310 e. The summed E-state index contributed by atoms with van der Waals surface area (Å²) in [6.07, 6.45) is 0. The van der Waals surface area contributed by atoms with Crippen molar-refractivity contribution in [3.05, 3.63) is 200 Å². The number of nitrogens with zero attached hydrogens (tertiary/aromatic N) is 1. The van der Waals surface area contributed by atoms with Gasteiger partial charge in [-0.1, -0.05) is 164 Å². The summed E-state index contributed by atoms with van der Waals surface area (Å²) in [4.78, 5) is 2.39. The van der Waals surface area contributed by atoms with Gasteiger partial charge in [0.2, 0.25) is 0 Å². The third-order valence-electron chi connectivity index (χ3n) is 10.4. The topological polar surface area (TPSA) is 3.24 Å². The van der Waals surface area contributed by atoms with Gasteiger partial charge in [-0.3, -0.25) is 0 Å². The van der Waals surface area contributed by atoms with Gasteiger partial charge in [0.15, 0.2) is 0 Å². The van der Waals surface area contributed by atoms with Crippen LogP contribution in [0, 0.1) is 0 Å². The van der Waals surface area contributed by atoms with Crippen molar-refractivity contribution in [1.29, 1.82) is 0 Å². The van der Waals surface area contributed by atoms with Crippen molar-refractivity contribution in [2.24, 2.45) is 0 Å². The molecule has 0 spiro atoms. The lowest BCUT2D eigenvalue weighted by Crippen LogP contribution is -2.10. The molecule has 10 aromatic carbocycles. The summed E-state index contributed by atoms with van der Waals surface area (Å²) < 4.78 is 0. The molecule has 0 unspecified atom stereocenters. The number of hydrogen-bond donors (Lipinski definition) is 0. The number of benzene rings is 10. The Bertz CT molecular complexity index is 2900. The molecule has 1 heteroatoms. The molecular weight excluding hydrogens is 615 g/mol. The minimum Gasteiger partial charge on any atom is -0.310 e. The summed E-state index contributed by atoms with van der Waals surface area (Å²) in [5.74, 6) is 0. The van der Waals surface area contributed by atoms with Crippen LogP contribution in [0.2, 0.25) is 0 Å². The summed E-state index contributed by atoms with van der Waals surface area (Å²) in [6.45, 7) is 0. The highest BCUT2D eigenvalue weighted by Crippen LogP contribution is 2.44. The third-order valence-corrected chi connectivity index (χ3v) is 10.4. The lowest BCUT2D eigenvalue weighted by Gasteiger charge is -2.28. The molecule has 0 heterocycles. The van der Waals surface area contributed by atoms with Crippen molar-refractivity contribution >= 4 is 70.9 Å². The van der Waals surface area contributed by atoms with E-state index < -0.39 is 0 Å². The van der Waals surface area contributed by atoms with Crippen LogP contribution in [0.4, 0.5) is 17.1 Å². The maximum absolute atomic E-state index is 2.39. The molecule has 1 nitrogen and oxygen atoms in total. The Morgan fingerprint density at radius 3 is 1.69 bits per heavy atom. The molecule has 0 atom stereocenters. The van der Waals surface area contributed by atoms with Gasteiger partial charge in [-0.25, -0.2) is 0 Å². The number of para-hydroxylation sites is 1. The normalized spacial score (nSPS) is 11.5. The van der Waals surface area contributed by atoms with Gasteiger partial charge in [0, 0.05) is 16.8 Å². The average Bonchev–Trinajstić information content (AvgIpc) is 3.21. The molecule has 0 fully saturated rings. The van der Waals surface area contributed by atoms with Crippen LogP contribution >= 0.6 is 0 Å². The second kappa shape index (κ2) is 12.0. The standard InChI is InChI=1S/C50H33N/c1-2-14-40(15-3-1)51(41-28-25-35(26-29-41)39-24-21-34-11-4-5-13-38(34)33-39)49-32-31-45(44-17-8-9-18-47(44)49)43-19-10-20-48-46(43)30-27-37-23-22-36-12-6-7-16-42(36)50(37)48/h1-33H. The molecule has 0 radical (unpaired) electrons. The predicted octanol–water partition coefficient (Wildman–Crippen LogP) is 14.3. The summed E-state index contributed by atoms with van der Waals surface area (Å²) in [7, 11) is 0. The zero-order valence-corrected chi connectivity index (χ0v) is 28.0. The van der Waals surface area contributed by atoms with Gasteiger partial charge in [-0.2, -0.15) is 0 Å². The van der Waals surface area contributed by atoms with E-state index in [0.29, 0.717) is 0 Å². The van der Waals surface area contributed by atoms with Crippen LogP contribution in [-0.2, 0) is 0 Å². The number of fused-ring (bicyclic) bond motifs is 7. The van der Waals surface area contributed by atoms with Gasteiger partial charge in [0.25, 0.3) is 0 Å². The fourth-order valence-corrected chi connectivity index (χ4v) is 7.99. The Morgan fingerprint density at radius 1 is 0.275 bits per heavy atom. The number of anilines is 3. The molecule has 0 saturated carbocycles. The lowest BCUT2D eigenvalue weighted by atomic mass is 9.90. The van der Waals surface area contributed by atoms with E-state index in [0.717, 1.165) is 17.1 Å². The highest BCUT2D eigenvalue weighted by Gasteiger charge is 2.18. The molecule has 0 aliphatic heterocycles. The van der Waals surface area contributed by atoms with Gasteiger partial charge < -0.3 is 4.90 Å². The Labute approximate surface area is 297 Å². The third kappa shape index (κ3) is 4.94. The Hall–Kier alpha value is -6.70. The van der Waals surface area contributed by atoms with E-state index in [1.165, 1.54) is 76.1 Å². The van der Waals surface area contributed by atoms with E-state index in [-0.39, 0.29) is 0 Å². The number of hydrogen-bond acceptors (Lipinski definition) is 1.